The lowest BCUT2D eigenvalue weighted by atomic mass is 9.83. The first-order valence-corrected chi connectivity index (χ1v) is 13.1. The van der Waals surface area contributed by atoms with Crippen LogP contribution in [0.5, 0.6) is 0 Å². The van der Waals surface area contributed by atoms with Crippen LogP contribution in [0, 0.1) is 5.92 Å². The van der Waals surface area contributed by atoms with Crippen molar-refractivity contribution in [2.24, 2.45) is 5.92 Å². The third-order valence-electron chi connectivity index (χ3n) is 7.51. The van der Waals surface area contributed by atoms with E-state index in [4.69, 9.17) is 0 Å². The van der Waals surface area contributed by atoms with Crippen molar-refractivity contribution >= 4 is 17.6 Å². The van der Waals surface area contributed by atoms with E-state index in [-0.39, 0.29) is 29.3 Å². The van der Waals surface area contributed by atoms with Gasteiger partial charge in [-0.25, -0.2) is 4.79 Å². The molecule has 2 aliphatic heterocycles. The van der Waals surface area contributed by atoms with Gasteiger partial charge in [0.15, 0.2) is 0 Å². The number of carbonyl (C=O) groups excluding carboxylic acids is 2. The molecular weight excluding hydrogens is 464 g/mol. The lowest BCUT2D eigenvalue weighted by Gasteiger charge is -2.43. The largest absolute Gasteiger partial charge is 0.326 e. The molecule has 0 saturated carbocycles. The minimum atomic E-state index is -0.726. The summed E-state index contributed by atoms with van der Waals surface area (Å²) in [5.41, 5.74) is 3.89. The Balaban J connectivity index is 1.31. The van der Waals surface area contributed by atoms with Crippen LogP contribution in [0.1, 0.15) is 48.9 Å². The number of pyridine rings is 1. The van der Waals surface area contributed by atoms with E-state index in [0.29, 0.717) is 37.7 Å². The van der Waals surface area contributed by atoms with Crippen molar-refractivity contribution < 1.29 is 9.59 Å². The highest BCUT2D eigenvalue weighted by Gasteiger charge is 2.37. The molecule has 3 aromatic rings. The van der Waals surface area contributed by atoms with Crippen LogP contribution >= 0.6 is 0 Å². The molecule has 2 N–H and O–H groups in total. The van der Waals surface area contributed by atoms with Crippen molar-refractivity contribution in [1.82, 2.24) is 14.8 Å². The highest BCUT2D eigenvalue weighted by molar-refractivity contribution is 5.97. The fourth-order valence-electron chi connectivity index (χ4n) is 5.54. The van der Waals surface area contributed by atoms with Gasteiger partial charge in [0.1, 0.15) is 6.04 Å². The molecular formula is C30H34N4O3. The Morgan fingerprint density at radius 3 is 2.41 bits per heavy atom. The van der Waals surface area contributed by atoms with Gasteiger partial charge in [-0.05, 0) is 47.6 Å². The van der Waals surface area contributed by atoms with Gasteiger partial charge in [0.2, 0.25) is 5.91 Å². The Morgan fingerprint density at radius 2 is 1.68 bits per heavy atom. The van der Waals surface area contributed by atoms with Gasteiger partial charge in [0.05, 0.1) is 0 Å². The number of carbonyl (C=O) groups is 2. The van der Waals surface area contributed by atoms with E-state index in [1.807, 2.05) is 70.1 Å². The second-order valence-electron chi connectivity index (χ2n) is 10.6. The monoisotopic (exact) mass is 498 g/mol. The number of benzene rings is 2. The molecule has 0 aliphatic carbocycles. The fraction of sp³-hybridized carbons (Fsp3) is 0.367. The average Bonchev–Trinajstić information content (AvgIpc) is 2.89. The number of anilines is 1. The first kappa shape index (κ1) is 24.8. The normalized spacial score (nSPS) is 19.2. The molecule has 2 aromatic carbocycles. The van der Waals surface area contributed by atoms with E-state index < -0.39 is 6.04 Å². The molecule has 7 heteroatoms. The molecule has 2 bridgehead atoms. The molecule has 2 aliphatic rings. The summed E-state index contributed by atoms with van der Waals surface area (Å²) in [5, 5.41) is 6.00. The number of rotatable bonds is 6. The number of nitrogens with zero attached hydrogens (tertiary/aromatic N) is 2. The van der Waals surface area contributed by atoms with Crippen molar-refractivity contribution in [1.29, 1.82) is 0 Å². The van der Waals surface area contributed by atoms with Crippen LogP contribution in [0.2, 0.25) is 0 Å². The van der Waals surface area contributed by atoms with Crippen molar-refractivity contribution in [2.75, 3.05) is 18.4 Å². The molecule has 7 nitrogen and oxygen atoms in total. The zero-order valence-electron chi connectivity index (χ0n) is 21.4. The van der Waals surface area contributed by atoms with Crippen LogP contribution in [0.3, 0.4) is 0 Å². The number of likely N-dealkylation sites (tertiary alicyclic amines) is 1. The Bertz CT molecular complexity index is 1320. The highest BCUT2D eigenvalue weighted by atomic mass is 16.2. The zero-order chi connectivity index (χ0) is 25.9. The Kier molecular flexibility index (Phi) is 7.12. The van der Waals surface area contributed by atoms with E-state index in [2.05, 4.69) is 24.5 Å². The van der Waals surface area contributed by atoms with Gasteiger partial charge < -0.3 is 20.1 Å². The molecule has 0 spiro atoms. The first-order chi connectivity index (χ1) is 17.9. The summed E-state index contributed by atoms with van der Waals surface area (Å²) in [6, 6.07) is 22.0. The topological polar surface area (TPSA) is 83.4 Å². The minimum absolute atomic E-state index is 0.0196. The van der Waals surface area contributed by atoms with Crippen molar-refractivity contribution in [3.8, 4) is 0 Å². The lowest BCUT2D eigenvalue weighted by molar-refractivity contribution is -0.118. The number of aromatic nitrogens is 1. The Hall–Kier alpha value is -3.87. The summed E-state index contributed by atoms with van der Waals surface area (Å²) in [5.74, 6) is 0.499. The summed E-state index contributed by atoms with van der Waals surface area (Å²) in [6.45, 7) is 5.98. The summed E-state index contributed by atoms with van der Waals surface area (Å²) in [6.07, 6.45) is 1.36. The van der Waals surface area contributed by atoms with Crippen LogP contribution in [-0.4, -0.2) is 40.5 Å². The van der Waals surface area contributed by atoms with Gasteiger partial charge in [0.25, 0.3) is 5.56 Å². The maximum Gasteiger partial charge on any atom is 0.318 e. The molecule has 0 radical (unpaired) electrons. The van der Waals surface area contributed by atoms with Gasteiger partial charge in [-0.1, -0.05) is 62.4 Å². The van der Waals surface area contributed by atoms with E-state index >= 15 is 0 Å². The molecule has 1 saturated heterocycles. The van der Waals surface area contributed by atoms with Crippen LogP contribution in [0.25, 0.3) is 0 Å². The second kappa shape index (κ2) is 10.6. The first-order valence-electron chi connectivity index (χ1n) is 13.1. The predicted octanol–water partition coefficient (Wildman–Crippen LogP) is 4.35. The van der Waals surface area contributed by atoms with Crippen LogP contribution in [0.15, 0.2) is 77.6 Å². The van der Waals surface area contributed by atoms with Gasteiger partial charge in [-0.2, -0.15) is 0 Å². The van der Waals surface area contributed by atoms with E-state index in [0.717, 1.165) is 17.7 Å². The van der Waals surface area contributed by atoms with Crippen LogP contribution in [-0.2, 0) is 17.8 Å². The van der Waals surface area contributed by atoms with E-state index in [1.54, 1.807) is 12.1 Å². The van der Waals surface area contributed by atoms with Gasteiger partial charge in [0, 0.05) is 49.4 Å². The molecule has 3 atom stereocenters. The molecule has 3 amide bonds. The van der Waals surface area contributed by atoms with Crippen molar-refractivity contribution in [2.45, 2.75) is 51.1 Å². The molecule has 1 aromatic heterocycles. The zero-order valence-corrected chi connectivity index (χ0v) is 21.4. The fourth-order valence-corrected chi connectivity index (χ4v) is 5.54. The smallest absolute Gasteiger partial charge is 0.318 e. The van der Waals surface area contributed by atoms with E-state index in [9.17, 15) is 14.4 Å². The summed E-state index contributed by atoms with van der Waals surface area (Å²) in [4.78, 5) is 41.0. The Labute approximate surface area is 217 Å². The maximum atomic E-state index is 13.5. The minimum Gasteiger partial charge on any atom is -0.326 e. The molecule has 5 rings (SSSR count). The number of fused-ring (bicyclic) bond motifs is 4. The molecule has 3 heterocycles. The number of piperidine rings is 1. The van der Waals surface area contributed by atoms with Gasteiger partial charge >= 0.3 is 6.03 Å². The highest BCUT2D eigenvalue weighted by Crippen LogP contribution is 2.35. The summed E-state index contributed by atoms with van der Waals surface area (Å²) in [7, 11) is 0. The van der Waals surface area contributed by atoms with Crippen molar-refractivity contribution in [3.63, 3.8) is 0 Å². The molecule has 0 unspecified atom stereocenters. The van der Waals surface area contributed by atoms with Crippen LogP contribution < -0.4 is 16.2 Å². The number of hydrogen-bond donors (Lipinski definition) is 2. The quantitative estimate of drug-likeness (QED) is 0.530. The number of nitrogens with one attached hydrogen (secondary N) is 2. The lowest BCUT2D eigenvalue weighted by Crippen LogP contribution is -2.55. The summed E-state index contributed by atoms with van der Waals surface area (Å²) >= 11 is 0. The standard InChI is InChI=1S/C30H34N4O3/c1-20(2)23-11-13-25(14-12-23)31-29(36)26(16-21-7-4-3-5-8-21)32-30(37)33-17-22-15-24(19-33)27-9-6-10-28(35)34(27)18-22/h3-14,20,22,24,26H,15-19H2,1-2H3,(H,31,36)(H,32,37)/t22-,24-,26-/m0/s1. The van der Waals surface area contributed by atoms with E-state index in [1.165, 1.54) is 5.56 Å². The molecule has 37 heavy (non-hydrogen) atoms. The SMILES string of the molecule is CC(C)c1ccc(NC(=O)[C@H](Cc2ccccc2)NC(=O)N2C[C@@H]3C[C@@H](C2)c2cccc(=O)n2C3)cc1. The third kappa shape index (κ3) is 5.61. The predicted molar refractivity (Wildman–Crippen MR) is 145 cm³/mol. The number of urea groups is 1. The number of hydrogen-bond acceptors (Lipinski definition) is 3. The average molecular weight is 499 g/mol. The molecule has 192 valence electrons. The van der Waals surface area contributed by atoms with Crippen LogP contribution in [0.4, 0.5) is 10.5 Å². The molecule has 1 fully saturated rings. The van der Waals surface area contributed by atoms with Crippen molar-refractivity contribution in [3.05, 3.63) is 100.0 Å². The number of amides is 3. The maximum absolute atomic E-state index is 13.5. The summed E-state index contributed by atoms with van der Waals surface area (Å²) < 4.78 is 1.85. The third-order valence-corrected chi connectivity index (χ3v) is 7.51. The van der Waals surface area contributed by atoms with Gasteiger partial charge in [-0.3, -0.25) is 9.59 Å². The van der Waals surface area contributed by atoms with Gasteiger partial charge in [-0.15, -0.1) is 0 Å². The Morgan fingerprint density at radius 1 is 0.919 bits per heavy atom. The second-order valence-corrected chi connectivity index (χ2v) is 10.6.